The number of benzene rings is 2. The Balaban J connectivity index is 2.04. The smallest absolute Gasteiger partial charge is 0.330 e. The monoisotopic (exact) mass is 314 g/mol. The number of nitrogens with zero attached hydrogens (tertiary/aromatic N) is 1. The Hall–Kier alpha value is -2.46. The van der Waals surface area contributed by atoms with Crippen molar-refractivity contribution in [2.45, 2.75) is 6.92 Å². The summed E-state index contributed by atoms with van der Waals surface area (Å²) in [5.41, 5.74) is 2.80. The van der Waals surface area contributed by atoms with E-state index in [1.165, 1.54) is 4.90 Å². The summed E-state index contributed by atoms with van der Waals surface area (Å²) in [6.07, 6.45) is 0. The molecule has 0 aromatic heterocycles. The van der Waals surface area contributed by atoms with Gasteiger partial charge in [0.25, 0.3) is 0 Å². The highest BCUT2D eigenvalue weighted by molar-refractivity contribution is 6.31. The van der Waals surface area contributed by atoms with E-state index in [4.69, 9.17) is 16.3 Å². The number of anilines is 2. The molecule has 112 valence electrons. The zero-order valence-electron chi connectivity index (χ0n) is 12.1. The predicted octanol–water partition coefficient (Wildman–Crippen LogP) is 4.76. The fraction of sp³-hybridized carbons (Fsp3) is 0.118. The number of urea groups is 1. The van der Waals surface area contributed by atoms with E-state index in [2.05, 4.69) is 11.9 Å². The Morgan fingerprint density at radius 3 is 2.82 bits per heavy atom. The summed E-state index contributed by atoms with van der Waals surface area (Å²) in [7, 11) is 0. The van der Waals surface area contributed by atoms with Crippen molar-refractivity contribution in [2.24, 2.45) is 0 Å². The van der Waals surface area contributed by atoms with Crippen LogP contribution in [0.5, 0.6) is 5.75 Å². The van der Waals surface area contributed by atoms with E-state index in [1.54, 1.807) is 18.2 Å². The minimum Gasteiger partial charge on any atom is -0.494 e. The molecule has 0 fully saturated rings. The molecule has 1 heterocycles. The lowest BCUT2D eigenvalue weighted by Crippen LogP contribution is -2.37. The lowest BCUT2D eigenvalue weighted by atomic mass is 10.1. The molecule has 3 rings (SSSR count). The molecule has 0 saturated carbocycles. The number of nitrogens with one attached hydrogen (secondary N) is 1. The lowest BCUT2D eigenvalue weighted by molar-refractivity contribution is 0.258. The Bertz CT molecular complexity index is 758. The highest BCUT2D eigenvalue weighted by Crippen LogP contribution is 2.37. The largest absolute Gasteiger partial charge is 0.494 e. The standard InChI is InChI=1S/C17H15ClN2O2/c1-3-22-14-7-8-16-15(10-14)11(2)20(17(21)19-16)13-6-4-5-12(18)9-13/h4-10H,2-3H2,1H3,(H,19,21). The first-order valence-corrected chi connectivity index (χ1v) is 7.30. The summed E-state index contributed by atoms with van der Waals surface area (Å²) in [6.45, 7) is 6.57. The van der Waals surface area contributed by atoms with Crippen LogP contribution in [0.25, 0.3) is 5.70 Å². The first-order valence-electron chi connectivity index (χ1n) is 6.93. The minimum absolute atomic E-state index is 0.260. The van der Waals surface area contributed by atoms with Gasteiger partial charge >= 0.3 is 6.03 Å². The van der Waals surface area contributed by atoms with E-state index >= 15 is 0 Å². The topological polar surface area (TPSA) is 41.6 Å². The van der Waals surface area contributed by atoms with Gasteiger partial charge in [-0.3, -0.25) is 4.90 Å². The van der Waals surface area contributed by atoms with Gasteiger partial charge in [-0.1, -0.05) is 24.2 Å². The van der Waals surface area contributed by atoms with E-state index in [1.807, 2.05) is 31.2 Å². The molecule has 1 N–H and O–H groups in total. The third-order valence-corrected chi connectivity index (χ3v) is 3.63. The highest BCUT2D eigenvalue weighted by atomic mass is 35.5. The third kappa shape index (κ3) is 2.53. The van der Waals surface area contributed by atoms with Crippen molar-refractivity contribution in [2.75, 3.05) is 16.8 Å². The molecule has 0 saturated heterocycles. The molecular formula is C17H15ClN2O2. The van der Waals surface area contributed by atoms with Crippen molar-refractivity contribution in [3.8, 4) is 5.75 Å². The Labute approximate surface area is 134 Å². The first-order chi connectivity index (χ1) is 10.6. The van der Waals surface area contributed by atoms with Crippen LogP contribution in [0.1, 0.15) is 12.5 Å². The number of amides is 2. The molecule has 2 aromatic rings. The van der Waals surface area contributed by atoms with Crippen LogP contribution in [-0.4, -0.2) is 12.6 Å². The van der Waals surface area contributed by atoms with Crippen LogP contribution in [0.4, 0.5) is 16.2 Å². The van der Waals surface area contributed by atoms with Crippen molar-refractivity contribution in [3.05, 3.63) is 59.6 Å². The molecule has 5 heteroatoms. The van der Waals surface area contributed by atoms with Gasteiger partial charge in [0, 0.05) is 10.6 Å². The van der Waals surface area contributed by atoms with E-state index in [9.17, 15) is 4.79 Å². The van der Waals surface area contributed by atoms with Crippen LogP contribution in [0.2, 0.25) is 5.02 Å². The van der Waals surface area contributed by atoms with E-state index < -0.39 is 0 Å². The van der Waals surface area contributed by atoms with Gasteiger partial charge in [-0.2, -0.15) is 0 Å². The van der Waals surface area contributed by atoms with Crippen molar-refractivity contribution in [1.82, 2.24) is 0 Å². The van der Waals surface area contributed by atoms with Gasteiger partial charge in [0.05, 0.1) is 23.7 Å². The molecule has 2 amide bonds. The number of carbonyl (C=O) groups is 1. The first kappa shape index (κ1) is 14.5. The van der Waals surface area contributed by atoms with Crippen LogP contribution in [0, 0.1) is 0 Å². The number of ether oxygens (including phenoxy) is 1. The molecule has 0 bridgehead atoms. The minimum atomic E-state index is -0.260. The van der Waals surface area contributed by atoms with E-state index in [0.717, 1.165) is 17.0 Å². The second-order valence-electron chi connectivity index (χ2n) is 4.83. The average Bonchev–Trinajstić information content (AvgIpc) is 2.48. The second kappa shape index (κ2) is 5.73. The fourth-order valence-electron chi connectivity index (χ4n) is 2.43. The molecule has 1 aliphatic rings. The molecule has 0 unspecified atom stereocenters. The van der Waals surface area contributed by atoms with Gasteiger partial charge in [0.15, 0.2) is 0 Å². The Morgan fingerprint density at radius 1 is 1.27 bits per heavy atom. The van der Waals surface area contributed by atoms with Crippen molar-refractivity contribution in [1.29, 1.82) is 0 Å². The maximum atomic E-state index is 12.4. The van der Waals surface area contributed by atoms with Crippen LogP contribution in [0.3, 0.4) is 0 Å². The summed E-state index contributed by atoms with van der Waals surface area (Å²) < 4.78 is 5.51. The zero-order chi connectivity index (χ0) is 15.7. The SMILES string of the molecule is C=C1c2cc(OCC)ccc2NC(=O)N1c1cccc(Cl)c1. The van der Waals surface area contributed by atoms with Crippen LogP contribution < -0.4 is 15.0 Å². The average molecular weight is 315 g/mol. The second-order valence-corrected chi connectivity index (χ2v) is 5.27. The Morgan fingerprint density at radius 2 is 2.09 bits per heavy atom. The summed E-state index contributed by atoms with van der Waals surface area (Å²) in [5, 5.41) is 3.42. The summed E-state index contributed by atoms with van der Waals surface area (Å²) in [4.78, 5) is 13.9. The molecule has 22 heavy (non-hydrogen) atoms. The van der Waals surface area contributed by atoms with Crippen molar-refractivity contribution in [3.63, 3.8) is 0 Å². The molecule has 0 aliphatic carbocycles. The molecule has 0 atom stereocenters. The van der Waals surface area contributed by atoms with Crippen LogP contribution in [-0.2, 0) is 0 Å². The lowest BCUT2D eigenvalue weighted by Gasteiger charge is -2.31. The molecule has 0 spiro atoms. The molecule has 2 aromatic carbocycles. The van der Waals surface area contributed by atoms with Gasteiger partial charge in [-0.25, -0.2) is 4.79 Å². The van der Waals surface area contributed by atoms with Gasteiger partial charge in [0.1, 0.15) is 5.75 Å². The van der Waals surface area contributed by atoms with Crippen molar-refractivity contribution < 1.29 is 9.53 Å². The maximum Gasteiger partial charge on any atom is 0.330 e. The maximum absolute atomic E-state index is 12.4. The Kier molecular flexibility index (Phi) is 3.77. The molecule has 4 nitrogen and oxygen atoms in total. The molecular weight excluding hydrogens is 300 g/mol. The molecule has 0 radical (unpaired) electrons. The third-order valence-electron chi connectivity index (χ3n) is 3.39. The zero-order valence-corrected chi connectivity index (χ0v) is 12.9. The number of fused-ring (bicyclic) bond motifs is 1. The van der Waals surface area contributed by atoms with Gasteiger partial charge in [-0.15, -0.1) is 0 Å². The molecule has 1 aliphatic heterocycles. The normalized spacial score (nSPS) is 13.6. The highest BCUT2D eigenvalue weighted by Gasteiger charge is 2.28. The van der Waals surface area contributed by atoms with Crippen LogP contribution in [0.15, 0.2) is 49.0 Å². The number of halogens is 1. The number of hydrogen-bond donors (Lipinski definition) is 1. The predicted molar refractivity (Wildman–Crippen MR) is 89.6 cm³/mol. The summed E-state index contributed by atoms with van der Waals surface area (Å²) >= 11 is 6.02. The van der Waals surface area contributed by atoms with Gasteiger partial charge in [0.2, 0.25) is 0 Å². The summed E-state index contributed by atoms with van der Waals surface area (Å²) in [5.74, 6) is 0.740. The van der Waals surface area contributed by atoms with Crippen LogP contribution >= 0.6 is 11.6 Å². The van der Waals surface area contributed by atoms with E-state index in [-0.39, 0.29) is 6.03 Å². The number of carbonyl (C=O) groups excluding carboxylic acids is 1. The van der Waals surface area contributed by atoms with Crippen molar-refractivity contribution >= 4 is 34.7 Å². The summed E-state index contributed by atoms with van der Waals surface area (Å²) in [6, 6.07) is 12.4. The quantitative estimate of drug-likeness (QED) is 0.887. The number of rotatable bonds is 3. The van der Waals surface area contributed by atoms with Gasteiger partial charge < -0.3 is 10.1 Å². The van der Waals surface area contributed by atoms with Gasteiger partial charge in [-0.05, 0) is 43.3 Å². The van der Waals surface area contributed by atoms with E-state index in [0.29, 0.717) is 23.0 Å². The number of hydrogen-bond acceptors (Lipinski definition) is 2. The fourth-order valence-corrected chi connectivity index (χ4v) is 2.61.